The van der Waals surface area contributed by atoms with Crippen molar-refractivity contribution in [2.75, 3.05) is 7.11 Å². The van der Waals surface area contributed by atoms with E-state index in [-0.39, 0.29) is 12.4 Å². The summed E-state index contributed by atoms with van der Waals surface area (Å²) in [6.07, 6.45) is 0. The zero-order chi connectivity index (χ0) is 16.9. The van der Waals surface area contributed by atoms with E-state index in [0.29, 0.717) is 23.0 Å². The van der Waals surface area contributed by atoms with Gasteiger partial charge in [0.25, 0.3) is 5.89 Å². The number of rotatable bonds is 6. The monoisotopic (exact) mass is 324 g/mol. The number of hydrogen-bond acceptors (Lipinski definition) is 6. The Morgan fingerprint density at radius 1 is 1.12 bits per heavy atom. The first-order valence-electron chi connectivity index (χ1n) is 7.36. The molecule has 2 aromatic carbocycles. The van der Waals surface area contributed by atoms with Crippen LogP contribution in [0.3, 0.4) is 0 Å². The van der Waals surface area contributed by atoms with Crippen molar-refractivity contribution in [1.82, 2.24) is 10.1 Å². The van der Waals surface area contributed by atoms with Crippen LogP contribution in [0.1, 0.15) is 23.2 Å². The van der Waals surface area contributed by atoms with Gasteiger partial charge in [0.15, 0.2) is 12.4 Å². The highest BCUT2D eigenvalue weighted by atomic mass is 16.5. The third-order valence-electron chi connectivity index (χ3n) is 3.40. The average Bonchev–Trinajstić information content (AvgIpc) is 3.09. The largest absolute Gasteiger partial charge is 0.497 e. The lowest BCUT2D eigenvalue weighted by atomic mass is 10.1. The fourth-order valence-corrected chi connectivity index (χ4v) is 2.14. The molecule has 6 heteroatoms. The number of benzene rings is 2. The molecule has 0 radical (unpaired) electrons. The summed E-state index contributed by atoms with van der Waals surface area (Å²) < 4.78 is 16.0. The van der Waals surface area contributed by atoms with Crippen molar-refractivity contribution < 1.29 is 18.8 Å². The summed E-state index contributed by atoms with van der Waals surface area (Å²) in [4.78, 5) is 15.7. The van der Waals surface area contributed by atoms with E-state index >= 15 is 0 Å². The number of carbonyl (C=O) groups is 1. The second-order valence-electron chi connectivity index (χ2n) is 5.12. The Hall–Kier alpha value is -3.15. The van der Waals surface area contributed by atoms with E-state index in [9.17, 15) is 4.79 Å². The van der Waals surface area contributed by atoms with Crippen LogP contribution in [0, 0.1) is 0 Å². The molecule has 0 unspecified atom stereocenters. The molecular formula is C18H16N2O4. The maximum atomic E-state index is 11.4. The van der Waals surface area contributed by atoms with Crippen molar-refractivity contribution in [3.63, 3.8) is 0 Å². The highest BCUT2D eigenvalue weighted by Crippen LogP contribution is 2.22. The number of carbonyl (C=O) groups excluding carboxylic acids is 1. The first-order valence-corrected chi connectivity index (χ1v) is 7.36. The van der Waals surface area contributed by atoms with Crippen molar-refractivity contribution in [2.45, 2.75) is 13.5 Å². The first-order chi connectivity index (χ1) is 11.7. The predicted molar refractivity (Wildman–Crippen MR) is 87.1 cm³/mol. The van der Waals surface area contributed by atoms with Crippen LogP contribution in [0.2, 0.25) is 0 Å². The summed E-state index contributed by atoms with van der Waals surface area (Å²) in [7, 11) is 1.60. The molecule has 0 aliphatic heterocycles. The van der Waals surface area contributed by atoms with E-state index in [2.05, 4.69) is 10.1 Å². The molecule has 0 bridgehead atoms. The van der Waals surface area contributed by atoms with Crippen molar-refractivity contribution in [3.05, 3.63) is 60.0 Å². The topological polar surface area (TPSA) is 74.5 Å². The summed E-state index contributed by atoms with van der Waals surface area (Å²) in [5.74, 6) is 2.09. The minimum absolute atomic E-state index is 0.0152. The SMILES string of the molecule is COc1cccc(-c2noc(COc3cccc(C(C)=O)c3)n2)c1. The van der Waals surface area contributed by atoms with Gasteiger partial charge in [0, 0.05) is 11.1 Å². The van der Waals surface area contributed by atoms with E-state index in [1.54, 1.807) is 31.4 Å². The minimum Gasteiger partial charge on any atom is -0.497 e. The second-order valence-corrected chi connectivity index (χ2v) is 5.12. The molecular weight excluding hydrogens is 308 g/mol. The van der Waals surface area contributed by atoms with E-state index in [1.165, 1.54) is 6.92 Å². The highest BCUT2D eigenvalue weighted by Gasteiger charge is 2.10. The lowest BCUT2D eigenvalue weighted by Crippen LogP contribution is -1.98. The molecule has 0 N–H and O–H groups in total. The molecule has 1 aromatic heterocycles. The molecule has 0 amide bonds. The van der Waals surface area contributed by atoms with Crippen molar-refractivity contribution in [1.29, 1.82) is 0 Å². The van der Waals surface area contributed by atoms with Gasteiger partial charge in [-0.25, -0.2) is 0 Å². The molecule has 24 heavy (non-hydrogen) atoms. The molecule has 6 nitrogen and oxygen atoms in total. The van der Waals surface area contributed by atoms with Crippen LogP contribution in [0.4, 0.5) is 0 Å². The fourth-order valence-electron chi connectivity index (χ4n) is 2.14. The highest BCUT2D eigenvalue weighted by molar-refractivity contribution is 5.94. The van der Waals surface area contributed by atoms with Gasteiger partial charge in [0.2, 0.25) is 5.82 Å². The van der Waals surface area contributed by atoms with Gasteiger partial charge in [-0.1, -0.05) is 29.4 Å². The summed E-state index contributed by atoms with van der Waals surface area (Å²) in [6.45, 7) is 1.63. The Morgan fingerprint density at radius 3 is 2.71 bits per heavy atom. The van der Waals surface area contributed by atoms with E-state index in [1.807, 2.05) is 24.3 Å². The number of nitrogens with zero attached hydrogens (tertiary/aromatic N) is 2. The number of ketones is 1. The van der Waals surface area contributed by atoms with Crippen LogP contribution < -0.4 is 9.47 Å². The van der Waals surface area contributed by atoms with E-state index < -0.39 is 0 Å². The normalized spacial score (nSPS) is 10.4. The summed E-state index contributed by atoms with van der Waals surface area (Å²) in [6, 6.07) is 14.3. The van der Waals surface area contributed by atoms with Gasteiger partial charge >= 0.3 is 0 Å². The summed E-state index contributed by atoms with van der Waals surface area (Å²) in [5.41, 5.74) is 1.39. The van der Waals surface area contributed by atoms with Crippen LogP contribution >= 0.6 is 0 Å². The van der Waals surface area contributed by atoms with Crippen LogP contribution in [0.15, 0.2) is 53.1 Å². The third-order valence-corrected chi connectivity index (χ3v) is 3.40. The molecule has 0 saturated carbocycles. The minimum atomic E-state index is -0.0152. The molecule has 0 atom stereocenters. The number of aromatic nitrogens is 2. The lowest BCUT2D eigenvalue weighted by Gasteiger charge is -2.04. The zero-order valence-corrected chi connectivity index (χ0v) is 13.4. The number of methoxy groups -OCH3 is 1. The number of ether oxygens (including phenoxy) is 2. The van der Waals surface area contributed by atoms with Crippen molar-refractivity contribution in [3.8, 4) is 22.9 Å². The van der Waals surface area contributed by atoms with Gasteiger partial charge < -0.3 is 14.0 Å². The Balaban J connectivity index is 1.70. The quantitative estimate of drug-likeness (QED) is 0.646. The molecule has 0 fully saturated rings. The van der Waals surface area contributed by atoms with E-state index in [0.717, 1.165) is 11.3 Å². The van der Waals surface area contributed by atoms with Crippen molar-refractivity contribution in [2.24, 2.45) is 0 Å². The Bertz CT molecular complexity index is 857. The van der Waals surface area contributed by atoms with Gasteiger partial charge in [-0.05, 0) is 31.2 Å². The van der Waals surface area contributed by atoms with Crippen LogP contribution in [-0.4, -0.2) is 23.0 Å². The van der Waals surface area contributed by atoms with Gasteiger partial charge in [-0.2, -0.15) is 4.98 Å². The number of Topliss-reactive ketones (excluding diaryl/α,β-unsaturated/α-hetero) is 1. The Kier molecular flexibility index (Phi) is 4.56. The molecule has 0 spiro atoms. The molecule has 3 rings (SSSR count). The molecule has 0 aliphatic carbocycles. The molecule has 1 heterocycles. The van der Waals surface area contributed by atoms with E-state index in [4.69, 9.17) is 14.0 Å². The Morgan fingerprint density at radius 2 is 1.92 bits per heavy atom. The van der Waals surface area contributed by atoms with Gasteiger partial charge in [0.1, 0.15) is 11.5 Å². The van der Waals surface area contributed by atoms with Crippen LogP contribution in [0.5, 0.6) is 11.5 Å². The standard InChI is InChI=1S/C18H16N2O4/c1-12(21)13-5-3-8-16(9-13)23-11-17-19-18(20-24-17)14-6-4-7-15(10-14)22-2/h3-10H,11H2,1-2H3. The van der Waals surface area contributed by atoms with Crippen molar-refractivity contribution >= 4 is 5.78 Å². The maximum absolute atomic E-state index is 11.4. The van der Waals surface area contributed by atoms with Gasteiger partial charge in [0.05, 0.1) is 7.11 Å². The van der Waals surface area contributed by atoms with Gasteiger partial charge in [-0.3, -0.25) is 4.79 Å². The maximum Gasteiger partial charge on any atom is 0.264 e. The van der Waals surface area contributed by atoms with Crippen LogP contribution in [-0.2, 0) is 6.61 Å². The fraction of sp³-hybridized carbons (Fsp3) is 0.167. The number of hydrogen-bond donors (Lipinski definition) is 0. The Labute approximate surface area is 139 Å². The first kappa shape index (κ1) is 15.7. The smallest absolute Gasteiger partial charge is 0.264 e. The summed E-state index contributed by atoms with van der Waals surface area (Å²) >= 11 is 0. The molecule has 0 saturated heterocycles. The predicted octanol–water partition coefficient (Wildman–Crippen LogP) is 3.53. The average molecular weight is 324 g/mol. The van der Waals surface area contributed by atoms with Crippen LogP contribution in [0.25, 0.3) is 11.4 Å². The lowest BCUT2D eigenvalue weighted by molar-refractivity contribution is 0.101. The second kappa shape index (κ2) is 6.95. The molecule has 0 aliphatic rings. The summed E-state index contributed by atoms with van der Waals surface area (Å²) in [5, 5.41) is 3.94. The molecule has 3 aromatic rings. The van der Waals surface area contributed by atoms with Gasteiger partial charge in [-0.15, -0.1) is 0 Å². The third kappa shape index (κ3) is 3.60. The zero-order valence-electron chi connectivity index (χ0n) is 13.4. The molecule has 122 valence electrons.